The molecular weight excluding hydrogens is 372 g/mol. The number of nitrogens with zero attached hydrogens (tertiary/aromatic N) is 4. The fourth-order valence-corrected chi connectivity index (χ4v) is 3.98. The Balaban J connectivity index is 1.62. The number of rotatable bonds is 3. The normalized spacial score (nSPS) is 15.6. The van der Waals surface area contributed by atoms with E-state index in [4.69, 9.17) is 11.6 Å². The van der Waals surface area contributed by atoms with Crippen LogP contribution < -0.4 is 5.32 Å². The number of H-pyrrole nitrogens is 1. The first-order valence-corrected chi connectivity index (χ1v) is 9.62. The Morgan fingerprint density at radius 3 is 2.79 bits per heavy atom. The molecule has 0 aliphatic carbocycles. The molecule has 1 atom stereocenters. The summed E-state index contributed by atoms with van der Waals surface area (Å²) in [5, 5.41) is 20.0. The molecule has 0 bridgehead atoms. The van der Waals surface area contributed by atoms with Gasteiger partial charge in [-0.1, -0.05) is 28.9 Å². The Hall–Kier alpha value is -3.12. The van der Waals surface area contributed by atoms with Crippen molar-refractivity contribution in [3.63, 3.8) is 0 Å². The first-order chi connectivity index (χ1) is 13.7. The van der Waals surface area contributed by atoms with E-state index in [1.807, 2.05) is 48.3 Å². The molecular formula is C21H19ClN6. The van der Waals surface area contributed by atoms with Gasteiger partial charge >= 0.3 is 0 Å². The molecule has 6 nitrogen and oxygen atoms in total. The van der Waals surface area contributed by atoms with Crippen molar-refractivity contribution < 1.29 is 0 Å². The van der Waals surface area contributed by atoms with Gasteiger partial charge in [-0.25, -0.2) is 4.68 Å². The summed E-state index contributed by atoms with van der Waals surface area (Å²) >= 11 is 6.05. The average molecular weight is 391 g/mol. The van der Waals surface area contributed by atoms with Crippen LogP contribution >= 0.6 is 11.6 Å². The van der Waals surface area contributed by atoms with E-state index in [1.54, 1.807) is 0 Å². The molecule has 140 valence electrons. The first-order valence-electron chi connectivity index (χ1n) is 9.25. The Morgan fingerprint density at radius 1 is 1.14 bits per heavy atom. The van der Waals surface area contributed by atoms with Crippen LogP contribution in [0.4, 0.5) is 5.69 Å². The molecule has 0 saturated heterocycles. The van der Waals surface area contributed by atoms with Crippen molar-refractivity contribution in [2.75, 3.05) is 5.32 Å². The minimum Gasteiger partial charge on any atom is -0.378 e. The summed E-state index contributed by atoms with van der Waals surface area (Å²) in [6, 6.07) is 14.5. The van der Waals surface area contributed by atoms with Gasteiger partial charge in [-0.2, -0.15) is 5.10 Å². The zero-order valence-electron chi connectivity index (χ0n) is 15.4. The molecule has 1 aliphatic heterocycles. The van der Waals surface area contributed by atoms with Crippen molar-refractivity contribution in [3.05, 3.63) is 71.1 Å². The smallest absolute Gasteiger partial charge is 0.0918 e. The highest BCUT2D eigenvalue weighted by molar-refractivity contribution is 6.30. The average Bonchev–Trinajstić information content (AvgIpc) is 3.33. The zero-order chi connectivity index (χ0) is 19.1. The van der Waals surface area contributed by atoms with Crippen LogP contribution in [-0.2, 0) is 6.54 Å². The second-order valence-corrected chi connectivity index (χ2v) is 7.46. The molecule has 2 aromatic heterocycles. The van der Waals surface area contributed by atoms with E-state index in [0.717, 1.165) is 46.2 Å². The van der Waals surface area contributed by atoms with Crippen molar-refractivity contribution in [1.82, 2.24) is 25.2 Å². The topological polar surface area (TPSA) is 71.4 Å². The van der Waals surface area contributed by atoms with Gasteiger partial charge in [-0.3, -0.25) is 5.10 Å². The second kappa shape index (κ2) is 6.80. The molecule has 2 N–H and O–H groups in total. The van der Waals surface area contributed by atoms with Crippen LogP contribution in [0.3, 0.4) is 0 Å². The number of halogens is 1. The molecule has 4 aromatic rings. The molecule has 0 fully saturated rings. The minimum absolute atomic E-state index is 0.143. The number of hydrogen-bond acceptors (Lipinski definition) is 4. The summed E-state index contributed by atoms with van der Waals surface area (Å²) < 4.78 is 2.01. The molecule has 1 unspecified atom stereocenters. The number of nitrogens with one attached hydrogen (secondary N) is 2. The van der Waals surface area contributed by atoms with Crippen LogP contribution in [0, 0.1) is 6.92 Å². The third kappa shape index (κ3) is 2.96. The number of hydrogen-bond donors (Lipinski definition) is 2. The number of benzene rings is 2. The monoisotopic (exact) mass is 390 g/mol. The molecule has 28 heavy (non-hydrogen) atoms. The van der Waals surface area contributed by atoms with Crippen LogP contribution in [-0.4, -0.2) is 25.2 Å². The molecule has 2 aromatic carbocycles. The standard InChI is InChI=1S/C21H19ClN6/c1-13-21-18-7-2-14(15-11-23-24-12-15)10-19(18)20(8-9-28(21)27-26-13)25-17-5-3-16(22)4-6-17/h2-7,10-12,20,25H,8-9H2,1H3,(H,23,24). The molecule has 3 heterocycles. The van der Waals surface area contributed by atoms with Gasteiger partial charge in [-0.15, -0.1) is 5.10 Å². The van der Waals surface area contributed by atoms with Gasteiger partial charge in [0, 0.05) is 34.6 Å². The Kier molecular flexibility index (Phi) is 4.13. The summed E-state index contributed by atoms with van der Waals surface area (Å²) in [4.78, 5) is 0. The van der Waals surface area contributed by atoms with Gasteiger partial charge in [-0.05, 0) is 54.8 Å². The maximum atomic E-state index is 6.05. The van der Waals surface area contributed by atoms with Gasteiger partial charge in [0.1, 0.15) is 0 Å². The highest BCUT2D eigenvalue weighted by atomic mass is 35.5. The van der Waals surface area contributed by atoms with E-state index < -0.39 is 0 Å². The summed E-state index contributed by atoms with van der Waals surface area (Å²) in [5.74, 6) is 0. The lowest BCUT2D eigenvalue weighted by Gasteiger charge is -2.21. The molecule has 0 spiro atoms. The number of aryl methyl sites for hydroxylation is 2. The molecule has 0 amide bonds. The van der Waals surface area contributed by atoms with E-state index in [2.05, 4.69) is 44.0 Å². The summed E-state index contributed by atoms with van der Waals surface area (Å²) in [6.45, 7) is 2.82. The van der Waals surface area contributed by atoms with Crippen molar-refractivity contribution in [3.8, 4) is 22.4 Å². The predicted molar refractivity (Wildman–Crippen MR) is 110 cm³/mol. The van der Waals surface area contributed by atoms with Crippen LogP contribution in [0.2, 0.25) is 5.02 Å². The second-order valence-electron chi connectivity index (χ2n) is 7.03. The lowest BCUT2D eigenvalue weighted by molar-refractivity contribution is 0.539. The zero-order valence-corrected chi connectivity index (χ0v) is 16.1. The van der Waals surface area contributed by atoms with E-state index in [0.29, 0.717) is 0 Å². The number of anilines is 1. The van der Waals surface area contributed by atoms with Crippen molar-refractivity contribution in [2.24, 2.45) is 0 Å². The summed E-state index contributed by atoms with van der Waals surface area (Å²) in [5.41, 5.74) is 7.69. The van der Waals surface area contributed by atoms with Gasteiger partial charge < -0.3 is 5.32 Å². The maximum absolute atomic E-state index is 6.05. The van der Waals surface area contributed by atoms with Gasteiger partial charge in [0.2, 0.25) is 0 Å². The van der Waals surface area contributed by atoms with E-state index in [-0.39, 0.29) is 6.04 Å². The number of aromatic nitrogens is 5. The maximum Gasteiger partial charge on any atom is 0.0918 e. The number of fused-ring (bicyclic) bond motifs is 3. The highest BCUT2D eigenvalue weighted by Crippen LogP contribution is 2.38. The van der Waals surface area contributed by atoms with Crippen LogP contribution in [0.15, 0.2) is 54.9 Å². The fourth-order valence-electron chi connectivity index (χ4n) is 3.85. The molecule has 5 rings (SSSR count). The SMILES string of the molecule is Cc1nnn2c1-c1ccc(-c3cn[nH]c3)cc1C(Nc1ccc(Cl)cc1)CC2. The third-order valence-electron chi connectivity index (χ3n) is 5.23. The highest BCUT2D eigenvalue weighted by Gasteiger charge is 2.25. The molecule has 7 heteroatoms. The first kappa shape index (κ1) is 17.0. The lowest BCUT2D eigenvalue weighted by atomic mass is 9.93. The van der Waals surface area contributed by atoms with Crippen LogP contribution in [0.1, 0.15) is 23.7 Å². The molecule has 0 saturated carbocycles. The Labute approximate surface area is 167 Å². The predicted octanol–water partition coefficient (Wildman–Crippen LogP) is 4.85. The van der Waals surface area contributed by atoms with E-state index >= 15 is 0 Å². The van der Waals surface area contributed by atoms with Crippen LogP contribution in [0.25, 0.3) is 22.4 Å². The summed E-state index contributed by atoms with van der Waals surface area (Å²) in [6.07, 6.45) is 4.66. The Morgan fingerprint density at radius 2 is 2.00 bits per heavy atom. The lowest BCUT2D eigenvalue weighted by Crippen LogP contribution is -2.12. The van der Waals surface area contributed by atoms with Crippen LogP contribution in [0.5, 0.6) is 0 Å². The van der Waals surface area contributed by atoms with E-state index in [1.165, 1.54) is 11.1 Å². The molecule has 0 radical (unpaired) electrons. The van der Waals surface area contributed by atoms with Crippen molar-refractivity contribution in [2.45, 2.75) is 25.9 Å². The Bertz CT molecular complexity index is 1110. The van der Waals surface area contributed by atoms with Crippen molar-refractivity contribution in [1.29, 1.82) is 0 Å². The quantitative estimate of drug-likeness (QED) is 0.524. The largest absolute Gasteiger partial charge is 0.378 e. The van der Waals surface area contributed by atoms with Gasteiger partial charge in [0.15, 0.2) is 0 Å². The van der Waals surface area contributed by atoms with Gasteiger partial charge in [0.05, 0.1) is 23.6 Å². The summed E-state index contributed by atoms with van der Waals surface area (Å²) in [7, 11) is 0. The fraction of sp³-hybridized carbons (Fsp3) is 0.190. The number of aromatic amines is 1. The van der Waals surface area contributed by atoms with Gasteiger partial charge in [0.25, 0.3) is 0 Å². The minimum atomic E-state index is 0.143. The van der Waals surface area contributed by atoms with Crippen molar-refractivity contribution >= 4 is 17.3 Å². The van der Waals surface area contributed by atoms with E-state index in [9.17, 15) is 0 Å². The molecule has 1 aliphatic rings. The third-order valence-corrected chi connectivity index (χ3v) is 5.48.